The highest BCUT2D eigenvalue weighted by molar-refractivity contribution is 5.94. The van der Waals surface area contributed by atoms with Gasteiger partial charge in [-0.05, 0) is 0 Å². The van der Waals surface area contributed by atoms with Crippen LogP contribution in [0.2, 0.25) is 0 Å². The number of nitrogens with one attached hydrogen (secondary N) is 1. The maximum Gasteiger partial charge on any atom is 0.459 e. The second kappa shape index (κ2) is 4.82. The normalized spacial score (nSPS) is 13.4. The van der Waals surface area contributed by atoms with Crippen LogP contribution >= 0.6 is 0 Å². The van der Waals surface area contributed by atoms with Crippen LogP contribution in [-0.2, 0) is 19.1 Å². The van der Waals surface area contributed by atoms with Gasteiger partial charge in [0.2, 0.25) is 0 Å². The number of halogens is 8. The number of amides is 1. The second-order valence-corrected chi connectivity index (χ2v) is 3.74. The van der Waals surface area contributed by atoms with Crippen molar-refractivity contribution >= 4 is 5.91 Å². The minimum atomic E-state index is -6.32. The molecule has 0 aliphatic rings. The number of carbonyl (C=O) groups excluding carboxylic acids is 1. The molecular formula is C8H6F8N4O. The van der Waals surface area contributed by atoms with Crippen molar-refractivity contribution in [3.63, 3.8) is 0 Å². The highest BCUT2D eigenvalue weighted by Gasteiger charge is 2.64. The van der Waals surface area contributed by atoms with Crippen LogP contribution in [0.1, 0.15) is 21.7 Å². The minimum Gasteiger partial charge on any atom is -0.289 e. The van der Waals surface area contributed by atoms with Gasteiger partial charge in [0.05, 0.1) is 0 Å². The molecule has 0 aliphatic heterocycles. The molecule has 1 rings (SSSR count). The second-order valence-electron chi connectivity index (χ2n) is 3.74. The molecule has 1 amide bonds. The summed E-state index contributed by atoms with van der Waals surface area (Å²) in [4.78, 5) is 11.2. The van der Waals surface area contributed by atoms with Gasteiger partial charge in [0, 0.05) is 7.05 Å². The number of nitrogen functional groups attached to an aromatic ring is 1. The van der Waals surface area contributed by atoms with Crippen LogP contribution < -0.4 is 11.3 Å². The average molecular weight is 326 g/mol. The molecule has 1 aromatic rings. The lowest BCUT2D eigenvalue weighted by Gasteiger charge is -2.19. The van der Waals surface area contributed by atoms with Crippen molar-refractivity contribution in [1.82, 2.24) is 15.2 Å². The molecule has 5 nitrogen and oxygen atoms in total. The fourth-order valence-electron chi connectivity index (χ4n) is 1.48. The Morgan fingerprint density at radius 3 is 1.95 bits per heavy atom. The minimum absolute atomic E-state index is 0.0556. The molecule has 13 heteroatoms. The van der Waals surface area contributed by atoms with Gasteiger partial charge >= 0.3 is 18.3 Å². The number of hydrazine groups is 1. The largest absolute Gasteiger partial charge is 0.459 e. The van der Waals surface area contributed by atoms with Gasteiger partial charge in [0.15, 0.2) is 5.69 Å². The van der Waals surface area contributed by atoms with Gasteiger partial charge in [-0.3, -0.25) is 14.9 Å². The monoisotopic (exact) mass is 326 g/mol. The number of alkyl halides is 8. The van der Waals surface area contributed by atoms with Crippen molar-refractivity contribution < 1.29 is 39.9 Å². The van der Waals surface area contributed by atoms with E-state index in [9.17, 15) is 39.9 Å². The molecule has 1 heterocycles. The highest BCUT2D eigenvalue weighted by atomic mass is 19.4. The number of rotatable bonds is 2. The lowest BCUT2D eigenvalue weighted by molar-refractivity contribution is -0.292. The number of nitrogens with two attached hydrogens (primary N) is 1. The van der Waals surface area contributed by atoms with E-state index in [0.717, 1.165) is 0 Å². The first kappa shape index (κ1) is 17.1. The molecule has 21 heavy (non-hydrogen) atoms. The molecule has 0 saturated heterocycles. The number of aromatic nitrogens is 2. The lowest BCUT2D eigenvalue weighted by Crippen LogP contribution is -2.37. The first-order chi connectivity index (χ1) is 9.25. The summed E-state index contributed by atoms with van der Waals surface area (Å²) >= 11 is 0. The maximum absolute atomic E-state index is 13.2. The average Bonchev–Trinajstić information content (AvgIpc) is 2.64. The van der Waals surface area contributed by atoms with E-state index >= 15 is 0 Å². The Morgan fingerprint density at radius 2 is 1.62 bits per heavy atom. The highest BCUT2D eigenvalue weighted by Crippen LogP contribution is 2.48. The summed E-state index contributed by atoms with van der Waals surface area (Å²) in [5.74, 6) is -3.05. The van der Waals surface area contributed by atoms with Crippen LogP contribution in [-0.4, -0.2) is 21.9 Å². The van der Waals surface area contributed by atoms with Gasteiger partial charge in [-0.25, -0.2) is 5.84 Å². The molecule has 0 atom stereocenters. The van der Waals surface area contributed by atoms with E-state index in [0.29, 0.717) is 7.05 Å². The van der Waals surface area contributed by atoms with E-state index in [1.54, 1.807) is 0 Å². The van der Waals surface area contributed by atoms with Crippen molar-refractivity contribution in [3.8, 4) is 0 Å². The third kappa shape index (κ3) is 2.77. The maximum atomic E-state index is 13.2. The van der Waals surface area contributed by atoms with E-state index in [4.69, 9.17) is 0 Å². The summed E-state index contributed by atoms with van der Waals surface area (Å²) in [5.41, 5.74) is -5.48. The Morgan fingerprint density at radius 1 is 1.14 bits per heavy atom. The fraction of sp³-hybridized carbons (Fsp3) is 0.500. The molecule has 0 aromatic carbocycles. The molecular weight excluding hydrogens is 320 g/mol. The van der Waals surface area contributed by atoms with Crippen LogP contribution in [0.4, 0.5) is 35.1 Å². The van der Waals surface area contributed by atoms with Gasteiger partial charge in [0.25, 0.3) is 5.91 Å². The molecule has 1 aromatic heterocycles. The Hall–Kier alpha value is -1.92. The third-order valence-corrected chi connectivity index (χ3v) is 2.33. The van der Waals surface area contributed by atoms with Crippen molar-refractivity contribution in [2.75, 3.05) is 0 Å². The first-order valence-corrected chi connectivity index (χ1v) is 4.85. The summed E-state index contributed by atoms with van der Waals surface area (Å²) in [6, 6.07) is 0. The summed E-state index contributed by atoms with van der Waals surface area (Å²) in [6.07, 6.45) is -12.0. The van der Waals surface area contributed by atoms with Crippen molar-refractivity contribution in [3.05, 3.63) is 17.0 Å². The van der Waals surface area contributed by atoms with E-state index in [-0.39, 0.29) is 4.68 Å². The van der Waals surface area contributed by atoms with Crippen LogP contribution in [0.3, 0.4) is 0 Å². The molecule has 0 saturated carbocycles. The number of nitrogens with zero attached hydrogens (tertiary/aromatic N) is 2. The van der Waals surface area contributed by atoms with Crippen molar-refractivity contribution in [2.45, 2.75) is 18.3 Å². The Bertz CT molecular complexity index is 558. The smallest absolute Gasteiger partial charge is 0.289 e. The molecule has 0 radical (unpaired) electrons. The fourth-order valence-corrected chi connectivity index (χ4v) is 1.48. The van der Waals surface area contributed by atoms with E-state index < -0.39 is 41.1 Å². The van der Waals surface area contributed by atoms with Gasteiger partial charge < -0.3 is 0 Å². The molecule has 0 bridgehead atoms. The topological polar surface area (TPSA) is 72.9 Å². The van der Waals surface area contributed by atoms with Crippen LogP contribution in [0.5, 0.6) is 0 Å². The van der Waals surface area contributed by atoms with Crippen LogP contribution in [0.15, 0.2) is 0 Å². The van der Waals surface area contributed by atoms with Gasteiger partial charge in [-0.15, -0.1) is 0 Å². The van der Waals surface area contributed by atoms with E-state index in [1.807, 2.05) is 0 Å². The molecule has 0 unspecified atom stereocenters. The SMILES string of the molecule is Cn1nc(C(F)(F)C(F)(F)F)c(C(F)(F)F)c1C(=O)NN. The number of carbonyl (C=O) groups is 1. The van der Waals surface area contributed by atoms with E-state index in [2.05, 4.69) is 10.9 Å². The Balaban J connectivity index is 3.75. The molecule has 120 valence electrons. The summed E-state index contributed by atoms with van der Waals surface area (Å²) in [7, 11) is 0.593. The van der Waals surface area contributed by atoms with Gasteiger partial charge in [-0.1, -0.05) is 0 Å². The molecule has 0 aliphatic carbocycles. The number of hydrogen-bond acceptors (Lipinski definition) is 3. The van der Waals surface area contributed by atoms with Gasteiger partial charge in [-0.2, -0.15) is 40.2 Å². The van der Waals surface area contributed by atoms with Gasteiger partial charge in [0.1, 0.15) is 11.3 Å². The summed E-state index contributed by atoms with van der Waals surface area (Å²) in [6.45, 7) is 0. The standard InChI is InChI=1S/C8H6F8N4O/c1-20-3(5(21)18-17)2(7(11,12)13)4(19-20)6(9,10)8(14,15)16/h17H2,1H3,(H,18,21). The molecule has 0 fully saturated rings. The summed E-state index contributed by atoms with van der Waals surface area (Å²) in [5, 5.41) is 2.49. The predicted molar refractivity (Wildman–Crippen MR) is 49.8 cm³/mol. The molecule has 0 spiro atoms. The zero-order valence-electron chi connectivity index (χ0n) is 9.90. The number of hydrogen-bond donors (Lipinski definition) is 2. The van der Waals surface area contributed by atoms with E-state index in [1.165, 1.54) is 5.43 Å². The quantitative estimate of drug-likeness (QED) is 0.376. The predicted octanol–water partition coefficient (Wildman–Crippen LogP) is 1.70. The Labute approximate surface area is 110 Å². The Kier molecular flexibility index (Phi) is 3.93. The van der Waals surface area contributed by atoms with Crippen molar-refractivity contribution in [2.24, 2.45) is 12.9 Å². The molecule has 3 N–H and O–H groups in total. The summed E-state index contributed by atoms with van der Waals surface area (Å²) < 4.78 is 101. The first-order valence-electron chi connectivity index (χ1n) is 4.85. The lowest BCUT2D eigenvalue weighted by atomic mass is 10.1. The third-order valence-electron chi connectivity index (χ3n) is 2.33. The zero-order chi connectivity index (χ0) is 16.8. The van der Waals surface area contributed by atoms with Crippen LogP contribution in [0, 0.1) is 0 Å². The zero-order valence-corrected chi connectivity index (χ0v) is 9.90. The van der Waals surface area contributed by atoms with Crippen molar-refractivity contribution in [1.29, 1.82) is 0 Å². The van der Waals surface area contributed by atoms with Crippen LogP contribution in [0.25, 0.3) is 0 Å². The number of aryl methyl sites for hydroxylation is 1.